The maximum Gasteiger partial charge on any atom is 0.307 e. The lowest BCUT2D eigenvalue weighted by Crippen LogP contribution is -2.38. The molecule has 1 unspecified atom stereocenters. The third-order valence-corrected chi connectivity index (χ3v) is 3.85. The number of carbonyl (C=O) groups is 2. The Balaban J connectivity index is 2.13. The maximum absolute atomic E-state index is 12.7. The van der Waals surface area contributed by atoms with Crippen molar-refractivity contribution in [2.45, 2.75) is 25.4 Å². The van der Waals surface area contributed by atoms with Crippen LogP contribution in [0.15, 0.2) is 24.3 Å². The first-order chi connectivity index (χ1) is 11.5. The summed E-state index contributed by atoms with van der Waals surface area (Å²) in [5.41, 5.74) is 0.0675. The van der Waals surface area contributed by atoms with Crippen molar-refractivity contribution in [3.63, 3.8) is 0 Å². The molecule has 8 heteroatoms. The first kappa shape index (κ1) is 17.9. The van der Waals surface area contributed by atoms with Crippen molar-refractivity contribution in [2.24, 2.45) is 0 Å². The molecular weight excluding hydrogens is 316 g/mol. The maximum atomic E-state index is 12.7. The lowest BCUT2D eigenvalue weighted by molar-refractivity contribution is -0.384. The zero-order chi connectivity index (χ0) is 17.5. The monoisotopic (exact) mass is 336 g/mol. The summed E-state index contributed by atoms with van der Waals surface area (Å²) in [6.07, 6.45) is 1.76. The zero-order valence-corrected chi connectivity index (χ0v) is 13.5. The molecule has 130 valence electrons. The molecule has 0 aromatic heterocycles. The van der Waals surface area contributed by atoms with Crippen molar-refractivity contribution in [3.8, 4) is 0 Å². The summed E-state index contributed by atoms with van der Waals surface area (Å²) in [6.45, 7) is 1.17. The van der Waals surface area contributed by atoms with Crippen molar-refractivity contribution in [1.29, 1.82) is 0 Å². The Bertz CT molecular complexity index is 612. The molecule has 1 saturated heterocycles. The van der Waals surface area contributed by atoms with Gasteiger partial charge in [-0.15, -0.1) is 0 Å². The molecule has 0 spiro atoms. The van der Waals surface area contributed by atoms with E-state index in [0.717, 1.165) is 12.8 Å². The van der Waals surface area contributed by atoms with Crippen molar-refractivity contribution >= 4 is 17.6 Å². The third-order valence-electron chi connectivity index (χ3n) is 3.85. The van der Waals surface area contributed by atoms with Gasteiger partial charge in [0, 0.05) is 37.4 Å². The molecule has 0 saturated carbocycles. The molecule has 0 radical (unpaired) electrons. The van der Waals surface area contributed by atoms with Crippen LogP contribution in [0.3, 0.4) is 0 Å². The summed E-state index contributed by atoms with van der Waals surface area (Å²) in [4.78, 5) is 35.9. The number of carbonyl (C=O) groups excluding carboxylic acids is 2. The third kappa shape index (κ3) is 4.76. The highest BCUT2D eigenvalue weighted by Gasteiger charge is 2.25. The molecule has 1 amide bonds. The summed E-state index contributed by atoms with van der Waals surface area (Å²) in [5.74, 6) is -0.780. The summed E-state index contributed by atoms with van der Waals surface area (Å²) in [5, 5.41) is 10.9. The van der Waals surface area contributed by atoms with Crippen LogP contribution in [0.1, 0.15) is 29.6 Å². The second-order valence-electron chi connectivity index (χ2n) is 5.52. The molecule has 1 aromatic carbocycles. The van der Waals surface area contributed by atoms with Gasteiger partial charge in [0.1, 0.15) is 0 Å². The van der Waals surface area contributed by atoms with E-state index in [9.17, 15) is 19.7 Å². The van der Waals surface area contributed by atoms with Crippen LogP contribution in [-0.4, -0.2) is 54.6 Å². The molecule has 1 aromatic rings. The van der Waals surface area contributed by atoms with Crippen LogP contribution < -0.4 is 0 Å². The number of nitrogens with zero attached hydrogens (tertiary/aromatic N) is 2. The van der Waals surface area contributed by atoms with Crippen molar-refractivity contribution < 1.29 is 24.0 Å². The molecule has 0 bridgehead atoms. The molecule has 24 heavy (non-hydrogen) atoms. The Kier molecular flexibility index (Phi) is 6.25. The standard InChI is InChI=1S/C16H20N2O6/c1-23-15(19)7-8-17(11-14-6-3-9-24-14)16(20)12-4-2-5-13(10-12)18(21)22/h2,4-5,10,14H,3,6-9,11H2,1H3. The van der Waals surface area contributed by atoms with Crippen molar-refractivity contribution in [1.82, 2.24) is 4.90 Å². The predicted octanol–water partition coefficient (Wildman–Crippen LogP) is 1.78. The van der Waals surface area contributed by atoms with E-state index in [1.165, 1.54) is 36.3 Å². The molecular formula is C16H20N2O6. The van der Waals surface area contributed by atoms with Gasteiger partial charge >= 0.3 is 5.97 Å². The number of benzene rings is 1. The smallest absolute Gasteiger partial charge is 0.307 e. The molecule has 8 nitrogen and oxygen atoms in total. The van der Waals surface area contributed by atoms with E-state index in [0.29, 0.717) is 13.2 Å². The molecule has 1 atom stereocenters. The molecule has 0 aliphatic carbocycles. The Morgan fingerprint density at radius 3 is 2.88 bits per heavy atom. The van der Waals surface area contributed by atoms with Gasteiger partial charge in [0.05, 0.1) is 24.6 Å². The average molecular weight is 336 g/mol. The largest absolute Gasteiger partial charge is 0.469 e. The van der Waals surface area contributed by atoms with Crippen LogP contribution in [0.4, 0.5) is 5.69 Å². The van der Waals surface area contributed by atoms with E-state index in [1.807, 2.05) is 0 Å². The second kappa shape index (κ2) is 8.39. The number of rotatable bonds is 7. The number of hydrogen-bond acceptors (Lipinski definition) is 6. The normalized spacial score (nSPS) is 16.6. The number of hydrogen-bond donors (Lipinski definition) is 0. The van der Waals surface area contributed by atoms with Gasteiger partial charge in [-0.2, -0.15) is 0 Å². The van der Waals surface area contributed by atoms with Crippen LogP contribution in [0.2, 0.25) is 0 Å². The first-order valence-electron chi connectivity index (χ1n) is 7.73. The molecule has 1 aliphatic rings. The van der Waals surface area contributed by atoms with Gasteiger partial charge in [0.25, 0.3) is 11.6 Å². The Morgan fingerprint density at radius 1 is 1.46 bits per heavy atom. The molecule has 1 aliphatic heterocycles. The highest BCUT2D eigenvalue weighted by molar-refractivity contribution is 5.95. The fourth-order valence-corrected chi connectivity index (χ4v) is 2.57. The van der Waals surface area contributed by atoms with Gasteiger partial charge in [-0.05, 0) is 18.9 Å². The fourth-order valence-electron chi connectivity index (χ4n) is 2.57. The van der Waals surface area contributed by atoms with Gasteiger partial charge in [0.2, 0.25) is 0 Å². The molecule has 1 heterocycles. The van der Waals surface area contributed by atoms with Crippen LogP contribution in [0.5, 0.6) is 0 Å². The van der Waals surface area contributed by atoms with E-state index in [2.05, 4.69) is 4.74 Å². The van der Waals surface area contributed by atoms with Crippen molar-refractivity contribution in [3.05, 3.63) is 39.9 Å². The second-order valence-corrected chi connectivity index (χ2v) is 5.52. The first-order valence-corrected chi connectivity index (χ1v) is 7.73. The number of amides is 1. The quantitative estimate of drug-likeness (QED) is 0.427. The van der Waals surface area contributed by atoms with Gasteiger partial charge in [-0.1, -0.05) is 6.07 Å². The highest BCUT2D eigenvalue weighted by atomic mass is 16.6. The van der Waals surface area contributed by atoms with E-state index >= 15 is 0 Å². The highest BCUT2D eigenvalue weighted by Crippen LogP contribution is 2.18. The van der Waals surface area contributed by atoms with Crippen LogP contribution in [0.25, 0.3) is 0 Å². The van der Waals surface area contributed by atoms with E-state index < -0.39 is 10.9 Å². The van der Waals surface area contributed by atoms with Gasteiger partial charge in [-0.25, -0.2) is 0 Å². The Morgan fingerprint density at radius 2 is 2.25 bits per heavy atom. The summed E-state index contributed by atoms with van der Waals surface area (Å²) < 4.78 is 10.2. The summed E-state index contributed by atoms with van der Waals surface area (Å²) >= 11 is 0. The number of esters is 1. The topological polar surface area (TPSA) is 99.0 Å². The average Bonchev–Trinajstić information content (AvgIpc) is 3.10. The van der Waals surface area contributed by atoms with Crippen LogP contribution in [0, 0.1) is 10.1 Å². The summed E-state index contributed by atoms with van der Waals surface area (Å²) in [7, 11) is 1.29. The fraction of sp³-hybridized carbons (Fsp3) is 0.500. The van der Waals surface area contributed by atoms with Gasteiger partial charge in [-0.3, -0.25) is 19.7 Å². The lowest BCUT2D eigenvalue weighted by atomic mass is 10.1. The minimum atomic E-state index is -0.546. The Hall–Kier alpha value is -2.48. The van der Waals surface area contributed by atoms with Gasteiger partial charge in [0.15, 0.2) is 0 Å². The van der Waals surface area contributed by atoms with Crippen LogP contribution >= 0.6 is 0 Å². The number of non-ortho nitro benzene ring substituents is 1. The van der Waals surface area contributed by atoms with Crippen molar-refractivity contribution in [2.75, 3.05) is 26.8 Å². The molecule has 0 N–H and O–H groups in total. The lowest BCUT2D eigenvalue weighted by Gasteiger charge is -2.25. The number of ether oxygens (including phenoxy) is 2. The van der Waals surface area contributed by atoms with E-state index in [-0.39, 0.29) is 36.2 Å². The van der Waals surface area contributed by atoms with Crippen LogP contribution in [-0.2, 0) is 14.3 Å². The van der Waals surface area contributed by atoms with Gasteiger partial charge < -0.3 is 14.4 Å². The van der Waals surface area contributed by atoms with E-state index in [1.54, 1.807) is 0 Å². The number of nitro benzene ring substituents is 1. The Labute approximate surface area is 139 Å². The minimum absolute atomic E-state index is 0.0594. The van der Waals surface area contributed by atoms with E-state index in [4.69, 9.17) is 4.74 Å². The predicted molar refractivity (Wildman–Crippen MR) is 84.6 cm³/mol. The number of methoxy groups -OCH3 is 1. The minimum Gasteiger partial charge on any atom is -0.469 e. The molecule has 2 rings (SSSR count). The molecule has 1 fully saturated rings. The SMILES string of the molecule is COC(=O)CCN(CC1CCCO1)C(=O)c1cccc([N+](=O)[O-])c1. The number of nitro groups is 1. The summed E-state index contributed by atoms with van der Waals surface area (Å²) in [6, 6.07) is 5.56. The zero-order valence-electron chi connectivity index (χ0n) is 13.5.